The van der Waals surface area contributed by atoms with Gasteiger partial charge in [-0.15, -0.1) is 0 Å². The van der Waals surface area contributed by atoms with Crippen LogP contribution in [0, 0.1) is 6.92 Å². The van der Waals surface area contributed by atoms with Gasteiger partial charge < -0.3 is 4.74 Å². The minimum absolute atomic E-state index is 0.0451. The van der Waals surface area contributed by atoms with Crippen molar-refractivity contribution in [2.45, 2.75) is 30.3 Å². The molecule has 0 bridgehead atoms. The molecular formula is C25H22F3N5O3S. The standard InChI is InChI=1S/C25H22F3N5O3S/c1-15-7-10-29-24(31-15)32-37(34,35)17-4-6-20-19(9-12-36-23(20)14-17)18-5-3-16(25(26,27)28)13-21(18)22-8-11-30-33(22)2/h3-8,10-11,13-14,19H,9,12H2,1-2H3,(H,29,31,32)/t19-/m1/s1. The van der Waals surface area contributed by atoms with Crippen molar-refractivity contribution in [2.75, 3.05) is 11.3 Å². The highest BCUT2D eigenvalue weighted by molar-refractivity contribution is 7.92. The lowest BCUT2D eigenvalue weighted by Gasteiger charge is -2.28. The molecule has 0 fully saturated rings. The van der Waals surface area contributed by atoms with Gasteiger partial charge in [0.2, 0.25) is 5.95 Å². The van der Waals surface area contributed by atoms with Gasteiger partial charge in [-0.05, 0) is 49.2 Å². The summed E-state index contributed by atoms with van der Waals surface area (Å²) in [6.07, 6.45) is -1.02. The van der Waals surface area contributed by atoms with Crippen LogP contribution in [0.2, 0.25) is 0 Å². The molecule has 192 valence electrons. The van der Waals surface area contributed by atoms with E-state index in [9.17, 15) is 21.6 Å². The zero-order valence-corrected chi connectivity index (χ0v) is 20.6. The molecule has 5 rings (SSSR count). The molecule has 1 atom stereocenters. The second kappa shape index (κ2) is 9.18. The number of benzene rings is 2. The highest BCUT2D eigenvalue weighted by Gasteiger charge is 2.33. The van der Waals surface area contributed by atoms with Crippen LogP contribution in [0.5, 0.6) is 5.75 Å². The Morgan fingerprint density at radius 2 is 1.84 bits per heavy atom. The summed E-state index contributed by atoms with van der Waals surface area (Å²) in [5.41, 5.74) is 2.14. The van der Waals surface area contributed by atoms with E-state index in [-0.39, 0.29) is 23.4 Å². The van der Waals surface area contributed by atoms with Gasteiger partial charge in [0.1, 0.15) is 5.75 Å². The molecule has 3 heterocycles. The number of aromatic nitrogens is 4. The molecule has 1 N–H and O–H groups in total. The summed E-state index contributed by atoms with van der Waals surface area (Å²) in [7, 11) is -2.34. The van der Waals surface area contributed by atoms with E-state index in [4.69, 9.17) is 4.74 Å². The summed E-state index contributed by atoms with van der Waals surface area (Å²) in [6, 6.07) is 11.5. The quantitative estimate of drug-likeness (QED) is 0.394. The van der Waals surface area contributed by atoms with Crippen molar-refractivity contribution in [3.63, 3.8) is 0 Å². The number of alkyl halides is 3. The maximum absolute atomic E-state index is 13.5. The van der Waals surface area contributed by atoms with Crippen LogP contribution in [0.25, 0.3) is 11.3 Å². The fourth-order valence-corrected chi connectivity index (χ4v) is 5.40. The van der Waals surface area contributed by atoms with Gasteiger partial charge in [-0.1, -0.05) is 12.1 Å². The SMILES string of the molecule is Cc1ccnc(NS(=O)(=O)c2ccc3c(c2)OCC[C@@H]3c2ccc(C(F)(F)F)cc2-c2ccnn2C)n1. The van der Waals surface area contributed by atoms with Crippen LogP contribution in [-0.4, -0.2) is 34.8 Å². The predicted octanol–water partition coefficient (Wildman–Crippen LogP) is 4.92. The first-order valence-electron chi connectivity index (χ1n) is 11.3. The Hall–Kier alpha value is -3.93. The lowest BCUT2D eigenvalue weighted by molar-refractivity contribution is -0.137. The van der Waals surface area contributed by atoms with Crippen molar-refractivity contribution in [2.24, 2.45) is 7.05 Å². The Morgan fingerprint density at radius 1 is 1.05 bits per heavy atom. The van der Waals surface area contributed by atoms with Crippen molar-refractivity contribution >= 4 is 16.0 Å². The number of nitrogens with one attached hydrogen (secondary N) is 1. The Kier molecular flexibility index (Phi) is 6.14. The van der Waals surface area contributed by atoms with E-state index in [0.29, 0.717) is 40.2 Å². The van der Waals surface area contributed by atoms with Crippen LogP contribution in [0.15, 0.2) is 65.8 Å². The molecule has 0 aliphatic carbocycles. The lowest BCUT2D eigenvalue weighted by Crippen LogP contribution is -2.19. The number of hydrogen-bond donors (Lipinski definition) is 1. The number of ether oxygens (including phenoxy) is 1. The summed E-state index contributed by atoms with van der Waals surface area (Å²) in [5, 5.41) is 4.12. The van der Waals surface area contributed by atoms with Crippen LogP contribution < -0.4 is 9.46 Å². The van der Waals surface area contributed by atoms with Gasteiger partial charge >= 0.3 is 6.18 Å². The average molecular weight is 530 g/mol. The molecule has 0 radical (unpaired) electrons. The summed E-state index contributed by atoms with van der Waals surface area (Å²) < 4.78 is 76.2. The average Bonchev–Trinajstić information content (AvgIpc) is 3.27. The normalized spacial score (nSPS) is 15.6. The molecule has 4 aromatic rings. The maximum atomic E-state index is 13.5. The Labute approximate surface area is 211 Å². The van der Waals surface area contributed by atoms with E-state index in [1.807, 2.05) is 0 Å². The molecular weight excluding hydrogens is 507 g/mol. The molecule has 0 unspecified atom stereocenters. The van der Waals surface area contributed by atoms with Gasteiger partial charge in [-0.25, -0.2) is 23.1 Å². The topological polar surface area (TPSA) is 99.0 Å². The number of nitrogens with zero attached hydrogens (tertiary/aromatic N) is 4. The molecule has 8 nitrogen and oxygen atoms in total. The molecule has 12 heteroatoms. The Balaban J connectivity index is 1.55. The third-order valence-corrected chi connectivity index (χ3v) is 7.53. The van der Waals surface area contributed by atoms with Crippen LogP contribution in [-0.2, 0) is 23.2 Å². The Bertz CT molecular complexity index is 1580. The van der Waals surface area contributed by atoms with E-state index in [1.54, 1.807) is 32.2 Å². The van der Waals surface area contributed by atoms with E-state index in [2.05, 4.69) is 19.8 Å². The highest BCUT2D eigenvalue weighted by atomic mass is 32.2. The van der Waals surface area contributed by atoms with Crippen molar-refractivity contribution in [1.29, 1.82) is 0 Å². The van der Waals surface area contributed by atoms with Crippen molar-refractivity contribution < 1.29 is 26.3 Å². The molecule has 1 aliphatic heterocycles. The lowest BCUT2D eigenvalue weighted by atomic mass is 9.83. The molecule has 1 aliphatic rings. The van der Waals surface area contributed by atoms with Crippen LogP contribution in [0.3, 0.4) is 0 Å². The van der Waals surface area contributed by atoms with Gasteiger partial charge in [0, 0.05) is 48.2 Å². The van der Waals surface area contributed by atoms with Gasteiger partial charge in [0.25, 0.3) is 10.0 Å². The van der Waals surface area contributed by atoms with Gasteiger partial charge in [-0.3, -0.25) is 4.68 Å². The van der Waals surface area contributed by atoms with Gasteiger partial charge in [0.15, 0.2) is 0 Å². The van der Waals surface area contributed by atoms with E-state index in [0.717, 1.165) is 12.1 Å². The molecule has 0 spiro atoms. The summed E-state index contributed by atoms with van der Waals surface area (Å²) in [6.45, 7) is 1.98. The number of sulfonamides is 1. The fourth-order valence-electron chi connectivity index (χ4n) is 4.43. The minimum atomic E-state index is -4.50. The van der Waals surface area contributed by atoms with E-state index >= 15 is 0 Å². The fraction of sp³-hybridized carbons (Fsp3) is 0.240. The highest BCUT2D eigenvalue weighted by Crippen LogP contribution is 2.44. The number of halogens is 3. The first-order valence-corrected chi connectivity index (χ1v) is 12.8. The molecule has 2 aromatic heterocycles. The number of aryl methyl sites for hydroxylation is 2. The zero-order chi connectivity index (χ0) is 26.4. The molecule has 2 aromatic carbocycles. The first kappa shape index (κ1) is 24.8. The van der Waals surface area contributed by atoms with E-state index < -0.39 is 21.8 Å². The summed E-state index contributed by atoms with van der Waals surface area (Å²) in [5.74, 6) is -0.0250. The summed E-state index contributed by atoms with van der Waals surface area (Å²) in [4.78, 5) is 7.96. The number of fused-ring (bicyclic) bond motifs is 1. The summed E-state index contributed by atoms with van der Waals surface area (Å²) >= 11 is 0. The molecule has 0 amide bonds. The third kappa shape index (κ3) is 4.88. The smallest absolute Gasteiger partial charge is 0.416 e. The number of hydrogen-bond acceptors (Lipinski definition) is 6. The van der Waals surface area contributed by atoms with Gasteiger partial charge in [0.05, 0.1) is 22.8 Å². The second-order valence-electron chi connectivity index (χ2n) is 8.66. The largest absolute Gasteiger partial charge is 0.493 e. The third-order valence-electron chi connectivity index (χ3n) is 6.21. The molecule has 0 saturated carbocycles. The zero-order valence-electron chi connectivity index (χ0n) is 19.8. The minimum Gasteiger partial charge on any atom is -0.493 e. The number of anilines is 1. The van der Waals surface area contributed by atoms with Gasteiger partial charge in [-0.2, -0.15) is 18.3 Å². The van der Waals surface area contributed by atoms with Crippen molar-refractivity contribution in [1.82, 2.24) is 19.7 Å². The number of rotatable bonds is 5. The molecule has 37 heavy (non-hydrogen) atoms. The van der Waals surface area contributed by atoms with E-state index in [1.165, 1.54) is 35.3 Å². The maximum Gasteiger partial charge on any atom is 0.416 e. The van der Waals surface area contributed by atoms with Crippen LogP contribution >= 0.6 is 0 Å². The van der Waals surface area contributed by atoms with Crippen molar-refractivity contribution in [3.8, 4) is 17.0 Å². The Morgan fingerprint density at radius 3 is 2.54 bits per heavy atom. The predicted molar refractivity (Wildman–Crippen MR) is 130 cm³/mol. The monoisotopic (exact) mass is 529 g/mol. The van der Waals surface area contributed by atoms with Crippen LogP contribution in [0.4, 0.5) is 19.1 Å². The van der Waals surface area contributed by atoms with Crippen molar-refractivity contribution in [3.05, 3.63) is 83.3 Å². The molecule has 0 saturated heterocycles. The first-order chi connectivity index (χ1) is 17.5. The second-order valence-corrected chi connectivity index (χ2v) is 10.3. The van der Waals surface area contributed by atoms with Crippen LogP contribution in [0.1, 0.15) is 34.7 Å².